The highest BCUT2D eigenvalue weighted by molar-refractivity contribution is 4.81. The van der Waals surface area contributed by atoms with Crippen LogP contribution in [0.25, 0.3) is 0 Å². The zero-order valence-electron chi connectivity index (χ0n) is 7.10. The fourth-order valence-corrected chi connectivity index (χ4v) is 1.56. The molecule has 0 aromatic rings. The van der Waals surface area contributed by atoms with E-state index in [0.29, 0.717) is 0 Å². The first-order valence-electron chi connectivity index (χ1n) is 4.64. The van der Waals surface area contributed by atoms with E-state index in [-0.39, 0.29) is 0 Å². The van der Waals surface area contributed by atoms with Crippen molar-refractivity contribution in [2.45, 2.75) is 45.4 Å². The molecule has 0 saturated heterocycles. The second-order valence-corrected chi connectivity index (χ2v) is 3.68. The lowest BCUT2D eigenvalue weighted by Gasteiger charge is -1.96. The lowest BCUT2D eigenvalue weighted by molar-refractivity contribution is 0.584. The molecule has 1 rings (SSSR count). The van der Waals surface area contributed by atoms with E-state index < -0.39 is 0 Å². The van der Waals surface area contributed by atoms with Gasteiger partial charge in [-0.1, -0.05) is 46.0 Å². The average Bonchev–Trinajstić information content (AvgIpc) is 2.60. The number of hydrogen-bond donors (Lipinski definition) is 0. The highest BCUT2D eigenvalue weighted by Crippen LogP contribution is 2.41. The second kappa shape index (κ2) is 4.00. The van der Waals surface area contributed by atoms with E-state index in [1.165, 1.54) is 32.1 Å². The summed E-state index contributed by atoms with van der Waals surface area (Å²) < 4.78 is 0. The summed E-state index contributed by atoms with van der Waals surface area (Å²) in [6.45, 7) is 6.20. The van der Waals surface area contributed by atoms with Gasteiger partial charge in [-0.05, 0) is 18.3 Å². The molecule has 10 heavy (non-hydrogen) atoms. The van der Waals surface area contributed by atoms with E-state index in [0.717, 1.165) is 18.3 Å². The highest BCUT2D eigenvalue weighted by Gasteiger charge is 2.31. The first kappa shape index (κ1) is 8.10. The molecule has 0 aromatic heterocycles. The van der Waals surface area contributed by atoms with Crippen molar-refractivity contribution in [1.29, 1.82) is 0 Å². The monoisotopic (exact) mass is 139 g/mol. The Morgan fingerprint density at radius 1 is 1.30 bits per heavy atom. The van der Waals surface area contributed by atoms with Gasteiger partial charge in [-0.2, -0.15) is 0 Å². The quantitative estimate of drug-likeness (QED) is 0.512. The van der Waals surface area contributed by atoms with Gasteiger partial charge in [0.05, 0.1) is 0 Å². The van der Waals surface area contributed by atoms with Crippen LogP contribution in [0.2, 0.25) is 0 Å². The summed E-state index contributed by atoms with van der Waals surface area (Å²) in [4.78, 5) is 0. The first-order valence-corrected chi connectivity index (χ1v) is 4.64. The molecule has 1 fully saturated rings. The lowest BCUT2D eigenvalue weighted by Crippen LogP contribution is -1.80. The third-order valence-corrected chi connectivity index (χ3v) is 2.60. The molecule has 1 aliphatic carbocycles. The van der Waals surface area contributed by atoms with Gasteiger partial charge in [-0.15, -0.1) is 0 Å². The zero-order valence-corrected chi connectivity index (χ0v) is 7.10. The molecular weight excluding hydrogens is 120 g/mol. The highest BCUT2D eigenvalue weighted by atomic mass is 14.4. The van der Waals surface area contributed by atoms with E-state index in [1.54, 1.807) is 0 Å². The van der Waals surface area contributed by atoms with Crippen molar-refractivity contribution >= 4 is 0 Å². The van der Waals surface area contributed by atoms with Crippen LogP contribution in [0.1, 0.15) is 45.4 Å². The molecule has 2 atom stereocenters. The molecule has 2 unspecified atom stereocenters. The summed E-state index contributed by atoms with van der Waals surface area (Å²) in [6, 6.07) is 0. The van der Waals surface area contributed by atoms with Crippen molar-refractivity contribution in [3.63, 3.8) is 0 Å². The van der Waals surface area contributed by atoms with E-state index in [9.17, 15) is 0 Å². The Morgan fingerprint density at radius 2 is 2.00 bits per heavy atom. The van der Waals surface area contributed by atoms with Crippen LogP contribution in [0.3, 0.4) is 0 Å². The summed E-state index contributed by atoms with van der Waals surface area (Å²) in [5.41, 5.74) is 0. The van der Waals surface area contributed by atoms with Crippen LogP contribution in [-0.4, -0.2) is 0 Å². The summed E-state index contributed by atoms with van der Waals surface area (Å²) >= 11 is 0. The van der Waals surface area contributed by atoms with Crippen LogP contribution < -0.4 is 0 Å². The van der Waals surface area contributed by atoms with Crippen LogP contribution in [0.5, 0.6) is 0 Å². The summed E-state index contributed by atoms with van der Waals surface area (Å²) in [5, 5.41) is 0. The Hall–Kier alpha value is 0. The Morgan fingerprint density at radius 3 is 2.50 bits per heavy atom. The Kier molecular flexibility index (Phi) is 3.24. The van der Waals surface area contributed by atoms with Gasteiger partial charge in [0.15, 0.2) is 0 Å². The van der Waals surface area contributed by atoms with Crippen molar-refractivity contribution in [3.8, 4) is 0 Å². The molecule has 0 aromatic carbocycles. The molecule has 0 spiro atoms. The van der Waals surface area contributed by atoms with E-state index >= 15 is 0 Å². The molecule has 0 heteroatoms. The van der Waals surface area contributed by atoms with E-state index in [4.69, 9.17) is 0 Å². The minimum atomic E-state index is 1.06. The fraction of sp³-hybridized carbons (Fsp3) is 0.900. The summed E-state index contributed by atoms with van der Waals surface area (Å²) in [6.07, 6.45) is 8.31. The van der Waals surface area contributed by atoms with Crippen LogP contribution in [-0.2, 0) is 0 Å². The predicted molar refractivity (Wildman–Crippen MR) is 45.7 cm³/mol. The summed E-state index contributed by atoms with van der Waals surface area (Å²) in [5.74, 6) is 2.16. The fourth-order valence-electron chi connectivity index (χ4n) is 1.56. The zero-order chi connectivity index (χ0) is 7.40. The van der Waals surface area contributed by atoms with Crippen molar-refractivity contribution in [1.82, 2.24) is 0 Å². The molecule has 0 aliphatic heterocycles. The maximum absolute atomic E-state index is 3.83. The van der Waals surface area contributed by atoms with E-state index in [2.05, 4.69) is 13.8 Å². The Labute approximate surface area is 65.0 Å². The summed E-state index contributed by atoms with van der Waals surface area (Å²) in [7, 11) is 0. The number of hydrogen-bond acceptors (Lipinski definition) is 0. The molecule has 0 heterocycles. The van der Waals surface area contributed by atoms with E-state index in [1.807, 2.05) is 0 Å². The second-order valence-electron chi connectivity index (χ2n) is 3.68. The van der Waals surface area contributed by atoms with Crippen LogP contribution in [0.4, 0.5) is 0 Å². The van der Waals surface area contributed by atoms with Crippen molar-refractivity contribution < 1.29 is 0 Å². The van der Waals surface area contributed by atoms with Gasteiger partial charge in [0.25, 0.3) is 0 Å². The van der Waals surface area contributed by atoms with Gasteiger partial charge in [0, 0.05) is 0 Å². The molecule has 0 bridgehead atoms. The lowest BCUT2D eigenvalue weighted by atomic mass is 10.1. The van der Waals surface area contributed by atoms with Crippen molar-refractivity contribution in [2.75, 3.05) is 0 Å². The van der Waals surface area contributed by atoms with Crippen LogP contribution in [0.15, 0.2) is 0 Å². The van der Waals surface area contributed by atoms with Crippen LogP contribution >= 0.6 is 0 Å². The van der Waals surface area contributed by atoms with Gasteiger partial charge in [0.1, 0.15) is 0 Å². The SMILES string of the molecule is [CH2]CCCCCC1CC1C. The molecule has 1 radical (unpaired) electrons. The predicted octanol–water partition coefficient (Wildman–Crippen LogP) is 3.43. The maximum Gasteiger partial charge on any atom is -0.0386 e. The first-order chi connectivity index (χ1) is 4.84. The van der Waals surface area contributed by atoms with Gasteiger partial charge in [-0.3, -0.25) is 0 Å². The molecule has 1 aliphatic rings. The third kappa shape index (κ3) is 2.72. The topological polar surface area (TPSA) is 0 Å². The molecular formula is C10H19. The molecule has 0 amide bonds. The smallest absolute Gasteiger partial charge is 0.0386 e. The molecule has 0 N–H and O–H groups in total. The minimum Gasteiger partial charge on any atom is -0.0622 e. The Balaban J connectivity index is 1.78. The number of unbranched alkanes of at least 4 members (excludes halogenated alkanes) is 3. The number of rotatable bonds is 5. The largest absolute Gasteiger partial charge is 0.0622 e. The van der Waals surface area contributed by atoms with Crippen molar-refractivity contribution in [2.24, 2.45) is 11.8 Å². The Bertz CT molecular complexity index is 86.0. The van der Waals surface area contributed by atoms with Gasteiger partial charge in [-0.25, -0.2) is 0 Å². The normalized spacial score (nSPS) is 30.6. The third-order valence-electron chi connectivity index (χ3n) is 2.60. The minimum absolute atomic E-state index is 1.06. The van der Waals surface area contributed by atoms with Gasteiger partial charge >= 0.3 is 0 Å². The van der Waals surface area contributed by atoms with Gasteiger partial charge in [0.2, 0.25) is 0 Å². The standard InChI is InChI=1S/C10H19/c1-3-4-5-6-7-10-8-9(10)2/h9-10H,1,3-8H2,2H3. The maximum atomic E-state index is 3.83. The average molecular weight is 139 g/mol. The van der Waals surface area contributed by atoms with Crippen LogP contribution in [0, 0.1) is 18.8 Å². The van der Waals surface area contributed by atoms with Crippen molar-refractivity contribution in [3.05, 3.63) is 6.92 Å². The van der Waals surface area contributed by atoms with Gasteiger partial charge < -0.3 is 0 Å². The molecule has 0 nitrogen and oxygen atoms in total. The molecule has 59 valence electrons. The molecule has 1 saturated carbocycles.